The molecule has 1 aromatic carbocycles. The number of hydrogen-bond donors (Lipinski definition) is 1. The van der Waals surface area contributed by atoms with Gasteiger partial charge in [-0.1, -0.05) is 32.0 Å². The van der Waals surface area contributed by atoms with Gasteiger partial charge in [-0.05, 0) is 36.6 Å². The summed E-state index contributed by atoms with van der Waals surface area (Å²) in [5.41, 5.74) is 4.18. The average molecular weight is 364 g/mol. The predicted molar refractivity (Wildman–Crippen MR) is 109 cm³/mol. The summed E-state index contributed by atoms with van der Waals surface area (Å²) in [6.45, 7) is 7.54. The summed E-state index contributed by atoms with van der Waals surface area (Å²) in [6.07, 6.45) is 6.83. The van der Waals surface area contributed by atoms with E-state index in [9.17, 15) is 0 Å². The Labute approximate surface area is 161 Å². The van der Waals surface area contributed by atoms with Gasteiger partial charge in [0.05, 0.1) is 18.0 Å². The molecule has 27 heavy (non-hydrogen) atoms. The molecule has 0 radical (unpaired) electrons. The van der Waals surface area contributed by atoms with E-state index in [1.807, 2.05) is 41.2 Å². The van der Waals surface area contributed by atoms with Gasteiger partial charge < -0.3 is 10.1 Å². The van der Waals surface area contributed by atoms with E-state index in [0.717, 1.165) is 55.2 Å². The molecular formula is C22H28N4O. The van der Waals surface area contributed by atoms with E-state index in [1.165, 1.54) is 0 Å². The Kier molecular flexibility index (Phi) is 7.13. The molecule has 0 saturated carbocycles. The van der Waals surface area contributed by atoms with Crippen molar-refractivity contribution in [3.63, 3.8) is 0 Å². The first-order valence-corrected chi connectivity index (χ1v) is 9.57. The molecule has 0 amide bonds. The van der Waals surface area contributed by atoms with Crippen molar-refractivity contribution >= 4 is 0 Å². The standard InChI is InChI=1S/C22H28N4O/c1-18(2)10-13-27-14-12-24-16-20-17-26(21-8-4-3-5-9-21)25-22(20)19-7-6-11-23-15-19/h3-9,11,15,17-18,24H,10,12-14,16H2,1-2H3. The molecule has 5 nitrogen and oxygen atoms in total. The van der Waals surface area contributed by atoms with Crippen LogP contribution in [0.3, 0.4) is 0 Å². The summed E-state index contributed by atoms with van der Waals surface area (Å²) in [5, 5.41) is 8.27. The summed E-state index contributed by atoms with van der Waals surface area (Å²) in [4.78, 5) is 4.24. The quantitative estimate of drug-likeness (QED) is 0.551. The van der Waals surface area contributed by atoms with Crippen molar-refractivity contribution in [2.45, 2.75) is 26.8 Å². The Balaban J connectivity index is 1.65. The van der Waals surface area contributed by atoms with Gasteiger partial charge in [0.25, 0.3) is 0 Å². The number of nitrogens with one attached hydrogen (secondary N) is 1. The second-order valence-electron chi connectivity index (χ2n) is 7.00. The monoisotopic (exact) mass is 364 g/mol. The van der Waals surface area contributed by atoms with Gasteiger partial charge in [-0.3, -0.25) is 4.98 Å². The predicted octanol–water partition coefficient (Wildman–Crippen LogP) is 4.09. The van der Waals surface area contributed by atoms with Crippen LogP contribution < -0.4 is 5.32 Å². The topological polar surface area (TPSA) is 52.0 Å². The molecule has 0 atom stereocenters. The molecule has 1 N–H and O–H groups in total. The van der Waals surface area contributed by atoms with Crippen molar-refractivity contribution < 1.29 is 4.74 Å². The van der Waals surface area contributed by atoms with Crippen LogP contribution in [-0.4, -0.2) is 34.5 Å². The van der Waals surface area contributed by atoms with Gasteiger partial charge in [-0.15, -0.1) is 0 Å². The largest absolute Gasteiger partial charge is 0.380 e. The Morgan fingerprint density at radius 1 is 1.07 bits per heavy atom. The van der Waals surface area contributed by atoms with E-state index in [-0.39, 0.29) is 0 Å². The van der Waals surface area contributed by atoms with Crippen LogP contribution in [-0.2, 0) is 11.3 Å². The second-order valence-corrected chi connectivity index (χ2v) is 7.00. The van der Waals surface area contributed by atoms with Crippen LogP contribution in [0.25, 0.3) is 16.9 Å². The van der Waals surface area contributed by atoms with E-state index < -0.39 is 0 Å². The van der Waals surface area contributed by atoms with Crippen molar-refractivity contribution in [3.05, 3.63) is 66.6 Å². The van der Waals surface area contributed by atoms with Crippen molar-refractivity contribution in [2.75, 3.05) is 19.8 Å². The van der Waals surface area contributed by atoms with Crippen molar-refractivity contribution in [1.82, 2.24) is 20.1 Å². The minimum atomic E-state index is 0.684. The SMILES string of the molecule is CC(C)CCOCCNCc1cn(-c2ccccc2)nc1-c1cccnc1. The van der Waals surface area contributed by atoms with E-state index in [4.69, 9.17) is 9.84 Å². The molecule has 3 rings (SSSR count). The third-order valence-electron chi connectivity index (χ3n) is 4.32. The maximum Gasteiger partial charge on any atom is 0.0988 e. The first kappa shape index (κ1) is 19.3. The van der Waals surface area contributed by atoms with E-state index in [1.54, 1.807) is 6.20 Å². The zero-order chi connectivity index (χ0) is 18.9. The number of para-hydroxylation sites is 1. The van der Waals surface area contributed by atoms with Crippen LogP contribution in [0.5, 0.6) is 0 Å². The summed E-state index contributed by atoms with van der Waals surface area (Å²) in [7, 11) is 0. The van der Waals surface area contributed by atoms with E-state index in [2.05, 4.69) is 42.5 Å². The zero-order valence-electron chi connectivity index (χ0n) is 16.1. The van der Waals surface area contributed by atoms with E-state index >= 15 is 0 Å². The maximum atomic E-state index is 5.68. The molecule has 142 valence electrons. The van der Waals surface area contributed by atoms with Crippen molar-refractivity contribution in [2.24, 2.45) is 5.92 Å². The van der Waals surface area contributed by atoms with Gasteiger partial charge >= 0.3 is 0 Å². The minimum absolute atomic E-state index is 0.684. The summed E-state index contributed by atoms with van der Waals surface area (Å²) < 4.78 is 7.61. The maximum absolute atomic E-state index is 5.68. The number of aromatic nitrogens is 3. The van der Waals surface area contributed by atoms with Crippen LogP contribution in [0, 0.1) is 5.92 Å². The molecule has 0 saturated heterocycles. The Bertz CT molecular complexity index is 800. The molecule has 0 aliphatic rings. The lowest BCUT2D eigenvalue weighted by molar-refractivity contribution is 0.125. The fraction of sp³-hybridized carbons (Fsp3) is 0.364. The Hall–Kier alpha value is -2.50. The van der Waals surface area contributed by atoms with Crippen LogP contribution >= 0.6 is 0 Å². The average Bonchev–Trinajstić information content (AvgIpc) is 3.12. The molecule has 0 unspecified atom stereocenters. The van der Waals surface area contributed by atoms with Gasteiger partial charge in [0, 0.05) is 49.4 Å². The Morgan fingerprint density at radius 3 is 2.67 bits per heavy atom. The lowest BCUT2D eigenvalue weighted by Gasteiger charge is -2.07. The fourth-order valence-corrected chi connectivity index (χ4v) is 2.79. The summed E-state index contributed by atoms with van der Waals surface area (Å²) in [5.74, 6) is 0.684. The molecule has 0 aliphatic heterocycles. The Morgan fingerprint density at radius 2 is 1.93 bits per heavy atom. The number of nitrogens with zero attached hydrogens (tertiary/aromatic N) is 3. The highest BCUT2D eigenvalue weighted by atomic mass is 16.5. The lowest BCUT2D eigenvalue weighted by Crippen LogP contribution is -2.19. The summed E-state index contributed by atoms with van der Waals surface area (Å²) in [6, 6.07) is 14.1. The third-order valence-corrected chi connectivity index (χ3v) is 4.32. The van der Waals surface area contributed by atoms with Gasteiger partial charge in [0.1, 0.15) is 0 Å². The van der Waals surface area contributed by atoms with Crippen LogP contribution in [0.4, 0.5) is 0 Å². The highest BCUT2D eigenvalue weighted by Gasteiger charge is 2.12. The van der Waals surface area contributed by atoms with Crippen LogP contribution in [0.1, 0.15) is 25.8 Å². The van der Waals surface area contributed by atoms with Crippen molar-refractivity contribution in [1.29, 1.82) is 0 Å². The lowest BCUT2D eigenvalue weighted by atomic mass is 10.1. The molecule has 0 spiro atoms. The van der Waals surface area contributed by atoms with Crippen LogP contribution in [0.2, 0.25) is 0 Å². The third kappa shape index (κ3) is 5.74. The van der Waals surface area contributed by atoms with Gasteiger partial charge in [-0.25, -0.2) is 4.68 Å². The normalized spacial score (nSPS) is 11.2. The number of ether oxygens (including phenoxy) is 1. The molecule has 0 fully saturated rings. The number of pyridine rings is 1. The van der Waals surface area contributed by atoms with Gasteiger partial charge in [-0.2, -0.15) is 5.10 Å². The molecule has 5 heteroatoms. The molecular weight excluding hydrogens is 336 g/mol. The first-order chi connectivity index (χ1) is 13.2. The second kappa shape index (κ2) is 10.00. The van der Waals surface area contributed by atoms with E-state index in [0.29, 0.717) is 5.92 Å². The smallest absolute Gasteiger partial charge is 0.0988 e. The summed E-state index contributed by atoms with van der Waals surface area (Å²) >= 11 is 0. The molecule has 0 bridgehead atoms. The number of rotatable bonds is 10. The number of hydrogen-bond acceptors (Lipinski definition) is 4. The highest BCUT2D eigenvalue weighted by Crippen LogP contribution is 2.22. The fourth-order valence-electron chi connectivity index (χ4n) is 2.79. The molecule has 2 aromatic heterocycles. The first-order valence-electron chi connectivity index (χ1n) is 9.57. The van der Waals surface area contributed by atoms with Crippen LogP contribution in [0.15, 0.2) is 61.1 Å². The zero-order valence-corrected chi connectivity index (χ0v) is 16.1. The highest BCUT2D eigenvalue weighted by molar-refractivity contribution is 5.62. The van der Waals surface area contributed by atoms with Crippen molar-refractivity contribution in [3.8, 4) is 16.9 Å². The molecule has 2 heterocycles. The minimum Gasteiger partial charge on any atom is -0.380 e. The number of benzene rings is 1. The molecule has 0 aliphatic carbocycles. The van der Waals surface area contributed by atoms with Gasteiger partial charge in [0.15, 0.2) is 0 Å². The van der Waals surface area contributed by atoms with Gasteiger partial charge in [0.2, 0.25) is 0 Å². The molecule has 3 aromatic rings.